The Bertz CT molecular complexity index is 374. The van der Waals surface area contributed by atoms with Crippen molar-refractivity contribution in [2.24, 2.45) is 0 Å². The van der Waals surface area contributed by atoms with Gasteiger partial charge in [-0.15, -0.1) is 0 Å². The third kappa shape index (κ3) is 2.99. The first-order chi connectivity index (χ1) is 7.60. The summed E-state index contributed by atoms with van der Waals surface area (Å²) < 4.78 is 5.04. The van der Waals surface area contributed by atoms with Crippen molar-refractivity contribution in [2.45, 2.75) is 33.1 Å². The van der Waals surface area contributed by atoms with E-state index in [-0.39, 0.29) is 11.9 Å². The average molecular weight is 241 g/mol. The van der Waals surface area contributed by atoms with E-state index in [0.717, 1.165) is 17.5 Å². The van der Waals surface area contributed by atoms with Gasteiger partial charge in [0.05, 0.1) is 12.5 Å². The number of benzene rings is 1. The first-order valence-corrected chi connectivity index (χ1v) is 5.90. The highest BCUT2D eigenvalue weighted by Gasteiger charge is 2.20. The largest absolute Gasteiger partial charge is 0.466 e. The second kappa shape index (κ2) is 5.90. The van der Waals surface area contributed by atoms with Crippen LogP contribution in [0.25, 0.3) is 0 Å². The molecular formula is C13H17ClO2. The van der Waals surface area contributed by atoms with Crippen molar-refractivity contribution >= 4 is 17.6 Å². The lowest BCUT2D eigenvalue weighted by Crippen LogP contribution is -2.15. The third-order valence-electron chi connectivity index (χ3n) is 2.58. The Morgan fingerprint density at radius 2 is 2.12 bits per heavy atom. The molecule has 0 aliphatic carbocycles. The fraction of sp³-hybridized carbons (Fsp3) is 0.462. The molecule has 0 aliphatic rings. The predicted molar refractivity (Wildman–Crippen MR) is 65.9 cm³/mol. The number of hydrogen-bond donors (Lipinski definition) is 0. The summed E-state index contributed by atoms with van der Waals surface area (Å²) in [6, 6.07) is 5.72. The maximum atomic E-state index is 11.7. The molecule has 2 nitrogen and oxygen atoms in total. The van der Waals surface area contributed by atoms with Crippen LogP contribution in [0.5, 0.6) is 0 Å². The van der Waals surface area contributed by atoms with Crippen LogP contribution >= 0.6 is 11.6 Å². The van der Waals surface area contributed by atoms with Crippen LogP contribution in [0.1, 0.15) is 37.3 Å². The molecule has 16 heavy (non-hydrogen) atoms. The van der Waals surface area contributed by atoms with Gasteiger partial charge in [0.1, 0.15) is 0 Å². The van der Waals surface area contributed by atoms with E-state index in [4.69, 9.17) is 16.3 Å². The zero-order valence-corrected chi connectivity index (χ0v) is 10.7. The van der Waals surface area contributed by atoms with Gasteiger partial charge in [0.25, 0.3) is 0 Å². The number of hydrogen-bond acceptors (Lipinski definition) is 2. The Labute approximate surface area is 102 Å². The fourth-order valence-corrected chi connectivity index (χ4v) is 1.80. The third-order valence-corrected chi connectivity index (χ3v) is 2.98. The smallest absolute Gasteiger partial charge is 0.313 e. The SMILES string of the molecule is CCOC(=O)C(CC)c1ccc(C)c(Cl)c1. The molecule has 0 radical (unpaired) electrons. The number of ether oxygens (including phenoxy) is 1. The van der Waals surface area contributed by atoms with E-state index in [1.807, 2.05) is 39.0 Å². The highest BCUT2D eigenvalue weighted by Crippen LogP contribution is 2.25. The van der Waals surface area contributed by atoms with E-state index in [2.05, 4.69) is 0 Å². The fourth-order valence-electron chi connectivity index (χ4n) is 1.61. The average Bonchev–Trinajstić information content (AvgIpc) is 2.25. The number of carbonyl (C=O) groups excluding carboxylic acids is 1. The summed E-state index contributed by atoms with van der Waals surface area (Å²) in [6.07, 6.45) is 0.720. The minimum absolute atomic E-state index is 0.176. The molecule has 1 rings (SSSR count). The number of carbonyl (C=O) groups is 1. The van der Waals surface area contributed by atoms with Gasteiger partial charge in [-0.05, 0) is 37.5 Å². The molecular weight excluding hydrogens is 224 g/mol. The number of rotatable bonds is 4. The maximum Gasteiger partial charge on any atom is 0.313 e. The minimum Gasteiger partial charge on any atom is -0.466 e. The van der Waals surface area contributed by atoms with Crippen molar-refractivity contribution in [3.63, 3.8) is 0 Å². The molecule has 0 amide bonds. The Hall–Kier alpha value is -1.02. The van der Waals surface area contributed by atoms with Crippen LogP contribution < -0.4 is 0 Å². The van der Waals surface area contributed by atoms with Gasteiger partial charge < -0.3 is 4.74 Å². The molecule has 0 spiro atoms. The molecule has 1 atom stereocenters. The molecule has 0 heterocycles. The van der Waals surface area contributed by atoms with Crippen LogP contribution in [-0.2, 0) is 9.53 Å². The van der Waals surface area contributed by atoms with Crippen molar-refractivity contribution < 1.29 is 9.53 Å². The van der Waals surface area contributed by atoms with E-state index >= 15 is 0 Å². The summed E-state index contributed by atoms with van der Waals surface area (Å²) >= 11 is 6.04. The molecule has 0 N–H and O–H groups in total. The Morgan fingerprint density at radius 1 is 1.44 bits per heavy atom. The van der Waals surface area contributed by atoms with Crippen LogP contribution in [0.15, 0.2) is 18.2 Å². The predicted octanol–water partition coefficient (Wildman–Crippen LogP) is 3.71. The molecule has 1 aromatic carbocycles. The van der Waals surface area contributed by atoms with Crippen molar-refractivity contribution in [1.82, 2.24) is 0 Å². The van der Waals surface area contributed by atoms with Crippen LogP contribution in [0.2, 0.25) is 5.02 Å². The van der Waals surface area contributed by atoms with E-state index in [0.29, 0.717) is 11.6 Å². The molecule has 0 aliphatic heterocycles. The minimum atomic E-state index is -0.210. The zero-order chi connectivity index (χ0) is 12.1. The first-order valence-electron chi connectivity index (χ1n) is 5.52. The number of aryl methyl sites for hydroxylation is 1. The van der Waals surface area contributed by atoms with Crippen LogP contribution in [-0.4, -0.2) is 12.6 Å². The second-order valence-corrected chi connectivity index (χ2v) is 4.13. The summed E-state index contributed by atoms with van der Waals surface area (Å²) in [7, 11) is 0. The van der Waals surface area contributed by atoms with E-state index in [1.165, 1.54) is 0 Å². The lowest BCUT2D eigenvalue weighted by Gasteiger charge is -2.14. The van der Waals surface area contributed by atoms with Gasteiger partial charge in [0.2, 0.25) is 0 Å². The van der Waals surface area contributed by atoms with E-state index in [1.54, 1.807) is 0 Å². The summed E-state index contributed by atoms with van der Waals surface area (Å²) in [5.41, 5.74) is 1.95. The highest BCUT2D eigenvalue weighted by molar-refractivity contribution is 6.31. The summed E-state index contributed by atoms with van der Waals surface area (Å²) in [5, 5.41) is 0.695. The molecule has 1 unspecified atom stereocenters. The summed E-state index contributed by atoms with van der Waals surface area (Å²) in [6.45, 7) is 6.13. The molecule has 0 saturated heterocycles. The lowest BCUT2D eigenvalue weighted by atomic mass is 9.96. The standard InChI is InChI=1S/C13H17ClO2/c1-4-11(13(15)16-5-2)10-7-6-9(3)12(14)8-10/h6-8,11H,4-5H2,1-3H3. The number of halogens is 1. The molecule has 0 aromatic heterocycles. The van der Waals surface area contributed by atoms with Crippen molar-refractivity contribution in [2.75, 3.05) is 6.61 Å². The van der Waals surface area contributed by atoms with Crippen LogP contribution in [0.3, 0.4) is 0 Å². The molecule has 0 saturated carbocycles. The van der Waals surface area contributed by atoms with Crippen molar-refractivity contribution in [3.8, 4) is 0 Å². The lowest BCUT2D eigenvalue weighted by molar-refractivity contribution is -0.145. The Morgan fingerprint density at radius 3 is 2.62 bits per heavy atom. The van der Waals surface area contributed by atoms with Gasteiger partial charge >= 0.3 is 5.97 Å². The van der Waals surface area contributed by atoms with Gasteiger partial charge in [-0.3, -0.25) is 4.79 Å². The monoisotopic (exact) mass is 240 g/mol. The Balaban J connectivity index is 2.95. The van der Waals surface area contributed by atoms with E-state index < -0.39 is 0 Å². The van der Waals surface area contributed by atoms with Gasteiger partial charge in [-0.2, -0.15) is 0 Å². The first kappa shape index (κ1) is 13.0. The highest BCUT2D eigenvalue weighted by atomic mass is 35.5. The quantitative estimate of drug-likeness (QED) is 0.750. The van der Waals surface area contributed by atoms with Crippen LogP contribution in [0, 0.1) is 6.92 Å². The second-order valence-electron chi connectivity index (χ2n) is 3.72. The van der Waals surface area contributed by atoms with E-state index in [9.17, 15) is 4.79 Å². The normalized spacial score (nSPS) is 12.2. The summed E-state index contributed by atoms with van der Waals surface area (Å²) in [5.74, 6) is -0.386. The topological polar surface area (TPSA) is 26.3 Å². The molecule has 88 valence electrons. The van der Waals surface area contributed by atoms with Gasteiger partial charge in [-0.25, -0.2) is 0 Å². The molecule has 0 fully saturated rings. The van der Waals surface area contributed by atoms with Gasteiger partial charge in [-0.1, -0.05) is 30.7 Å². The van der Waals surface area contributed by atoms with Gasteiger partial charge in [0.15, 0.2) is 0 Å². The molecule has 3 heteroatoms. The van der Waals surface area contributed by atoms with Gasteiger partial charge in [0, 0.05) is 5.02 Å². The van der Waals surface area contributed by atoms with Crippen LogP contribution in [0.4, 0.5) is 0 Å². The molecule has 1 aromatic rings. The van der Waals surface area contributed by atoms with Crippen molar-refractivity contribution in [3.05, 3.63) is 34.3 Å². The summed E-state index contributed by atoms with van der Waals surface area (Å²) in [4.78, 5) is 11.7. The zero-order valence-electron chi connectivity index (χ0n) is 9.92. The maximum absolute atomic E-state index is 11.7. The molecule has 0 bridgehead atoms. The number of esters is 1. The Kier molecular flexibility index (Phi) is 4.81. The van der Waals surface area contributed by atoms with Crippen molar-refractivity contribution in [1.29, 1.82) is 0 Å².